The topological polar surface area (TPSA) is 82.3 Å². The van der Waals surface area contributed by atoms with Crippen molar-refractivity contribution in [1.29, 1.82) is 5.41 Å². The van der Waals surface area contributed by atoms with Gasteiger partial charge in [-0.3, -0.25) is 4.21 Å². The second kappa shape index (κ2) is 13.5. The van der Waals surface area contributed by atoms with Crippen molar-refractivity contribution in [2.45, 2.75) is 44.9 Å². The van der Waals surface area contributed by atoms with Crippen LogP contribution in [0.3, 0.4) is 0 Å². The molecule has 1 aromatic heterocycles. The summed E-state index contributed by atoms with van der Waals surface area (Å²) in [5, 5.41) is 13.1. The van der Waals surface area contributed by atoms with Crippen LogP contribution in [0.2, 0.25) is 5.02 Å². The number of hydrogen-bond donors (Lipinski definition) is 1. The molecule has 1 aromatic carbocycles. The Morgan fingerprint density at radius 3 is 2.76 bits per heavy atom. The second-order valence-corrected chi connectivity index (χ2v) is 12.1. The molecule has 0 aliphatic carbocycles. The molecule has 3 heterocycles. The van der Waals surface area contributed by atoms with Crippen LogP contribution in [0.15, 0.2) is 48.2 Å². The highest BCUT2D eigenvalue weighted by Gasteiger charge is 2.21. The van der Waals surface area contributed by atoms with Gasteiger partial charge in [0.1, 0.15) is 5.69 Å². The van der Waals surface area contributed by atoms with Crippen LogP contribution in [0.4, 0.5) is 4.79 Å². The van der Waals surface area contributed by atoms with Gasteiger partial charge in [0.15, 0.2) is 0 Å². The Labute approximate surface area is 233 Å². The molecular weight excluding hydrogens is 518 g/mol. The molecule has 204 valence electrons. The summed E-state index contributed by atoms with van der Waals surface area (Å²) >= 11 is 6.74. The number of likely N-dealkylation sites (tertiary alicyclic amines) is 1. The second-order valence-electron chi connectivity index (χ2n) is 10.2. The summed E-state index contributed by atoms with van der Waals surface area (Å²) in [5.41, 5.74) is 5.78. The zero-order valence-electron chi connectivity index (χ0n) is 22.4. The third-order valence-electron chi connectivity index (χ3n) is 7.26. The maximum atomic E-state index is 13.1. The monoisotopic (exact) mass is 555 g/mol. The molecule has 0 bridgehead atoms. The van der Waals surface area contributed by atoms with Crippen LogP contribution < -0.4 is 0 Å². The number of carbonyl (C=O) groups excluding carboxylic acids is 1. The third kappa shape index (κ3) is 7.52. The highest BCUT2D eigenvalue weighted by atomic mass is 35.5. The molecule has 1 fully saturated rings. The van der Waals surface area contributed by atoms with E-state index >= 15 is 0 Å². The van der Waals surface area contributed by atoms with Gasteiger partial charge in [-0.25, -0.2) is 4.79 Å². The minimum atomic E-state index is -1.12. The molecule has 1 amide bonds. The van der Waals surface area contributed by atoms with E-state index in [1.54, 1.807) is 18.5 Å². The van der Waals surface area contributed by atoms with Gasteiger partial charge in [-0.1, -0.05) is 41.5 Å². The third-order valence-corrected chi connectivity index (χ3v) is 8.27. The normalized spacial score (nSPS) is 20.8. The molecule has 4 rings (SSSR count). The number of hydrogen-bond acceptors (Lipinski definition) is 5. The lowest BCUT2D eigenvalue weighted by Gasteiger charge is -2.21. The van der Waals surface area contributed by atoms with Crippen molar-refractivity contribution >= 4 is 39.7 Å². The van der Waals surface area contributed by atoms with Crippen LogP contribution >= 0.6 is 11.6 Å². The molecular formula is C29H38ClN5O2S. The molecule has 9 heteroatoms. The van der Waals surface area contributed by atoms with Crippen molar-refractivity contribution in [3.63, 3.8) is 0 Å². The van der Waals surface area contributed by atoms with Crippen molar-refractivity contribution in [2.75, 3.05) is 45.2 Å². The SMILES string of the molecule is CN1CC/C=C(\c2c(Cl)cccc2C/C=C2/CCCN(C(=O)n3ccc(C(=N)CS(C)=O)n3)CC2)CCC1. The zero-order chi connectivity index (χ0) is 27.1. The molecule has 0 radical (unpaired) electrons. The van der Waals surface area contributed by atoms with Crippen molar-refractivity contribution < 1.29 is 9.00 Å². The van der Waals surface area contributed by atoms with Gasteiger partial charge in [0, 0.05) is 47.9 Å². The van der Waals surface area contributed by atoms with E-state index in [-0.39, 0.29) is 17.5 Å². The van der Waals surface area contributed by atoms with Gasteiger partial charge in [-0.2, -0.15) is 9.78 Å². The molecule has 38 heavy (non-hydrogen) atoms. The van der Waals surface area contributed by atoms with Gasteiger partial charge >= 0.3 is 6.03 Å². The first-order valence-corrected chi connectivity index (χ1v) is 15.5. The molecule has 7 nitrogen and oxygen atoms in total. The van der Waals surface area contributed by atoms with E-state index in [2.05, 4.69) is 35.3 Å². The number of benzene rings is 1. The van der Waals surface area contributed by atoms with E-state index in [0.29, 0.717) is 18.8 Å². The fourth-order valence-electron chi connectivity index (χ4n) is 5.21. The van der Waals surface area contributed by atoms with Crippen LogP contribution in [-0.4, -0.2) is 80.8 Å². The lowest BCUT2D eigenvalue weighted by molar-refractivity contribution is 0.198. The van der Waals surface area contributed by atoms with E-state index in [4.69, 9.17) is 17.0 Å². The summed E-state index contributed by atoms with van der Waals surface area (Å²) in [7, 11) is 1.06. The van der Waals surface area contributed by atoms with Crippen molar-refractivity contribution in [3.05, 3.63) is 70.0 Å². The van der Waals surface area contributed by atoms with Gasteiger partial charge in [-0.15, -0.1) is 0 Å². The molecule has 1 atom stereocenters. The average Bonchev–Trinajstić information content (AvgIpc) is 3.24. The summed E-state index contributed by atoms with van der Waals surface area (Å²) < 4.78 is 12.7. The Morgan fingerprint density at radius 1 is 1.13 bits per heavy atom. The number of aromatic nitrogens is 2. The van der Waals surface area contributed by atoms with Crippen molar-refractivity contribution in [3.8, 4) is 0 Å². The van der Waals surface area contributed by atoms with Gasteiger partial charge in [-0.05, 0) is 87.4 Å². The van der Waals surface area contributed by atoms with Gasteiger partial charge in [0.2, 0.25) is 0 Å². The van der Waals surface area contributed by atoms with E-state index in [1.807, 2.05) is 17.0 Å². The van der Waals surface area contributed by atoms with Crippen LogP contribution in [0.1, 0.15) is 55.3 Å². The molecule has 0 saturated carbocycles. The van der Waals surface area contributed by atoms with Crippen molar-refractivity contribution in [2.24, 2.45) is 0 Å². The molecule has 2 aliphatic rings. The zero-order valence-corrected chi connectivity index (χ0v) is 24.0. The highest BCUT2D eigenvalue weighted by Crippen LogP contribution is 2.33. The predicted octanol–water partition coefficient (Wildman–Crippen LogP) is 5.41. The molecule has 1 saturated heterocycles. The molecule has 1 N–H and O–H groups in total. The Bertz CT molecular complexity index is 1250. The summed E-state index contributed by atoms with van der Waals surface area (Å²) in [6, 6.07) is 7.70. The number of carbonyl (C=O) groups is 1. The largest absolute Gasteiger partial charge is 0.344 e. The van der Waals surface area contributed by atoms with E-state index in [9.17, 15) is 9.00 Å². The first kappa shape index (κ1) is 28.5. The number of amides is 1. The number of allylic oxidation sites excluding steroid dienone is 2. The summed E-state index contributed by atoms with van der Waals surface area (Å²) in [5.74, 6) is 0.131. The Balaban J connectivity index is 1.41. The fourth-order valence-corrected chi connectivity index (χ4v) is 6.08. The molecule has 2 aromatic rings. The average molecular weight is 556 g/mol. The lowest BCUT2D eigenvalue weighted by Crippen LogP contribution is -2.35. The smallest absolute Gasteiger partial charge is 0.323 e. The quantitative estimate of drug-likeness (QED) is 0.382. The maximum absolute atomic E-state index is 13.1. The predicted molar refractivity (Wildman–Crippen MR) is 157 cm³/mol. The number of rotatable bonds is 6. The van der Waals surface area contributed by atoms with Crippen LogP contribution in [0.25, 0.3) is 5.57 Å². The first-order chi connectivity index (χ1) is 18.3. The van der Waals surface area contributed by atoms with Crippen LogP contribution in [0.5, 0.6) is 0 Å². The van der Waals surface area contributed by atoms with Gasteiger partial charge in [0.05, 0.1) is 11.5 Å². The minimum Gasteiger partial charge on any atom is -0.323 e. The number of halogens is 1. The Morgan fingerprint density at radius 2 is 1.95 bits per heavy atom. The Hall–Kier alpha value is -2.55. The highest BCUT2D eigenvalue weighted by molar-refractivity contribution is 7.85. The van der Waals surface area contributed by atoms with Crippen LogP contribution in [-0.2, 0) is 17.2 Å². The maximum Gasteiger partial charge on any atom is 0.344 e. The summed E-state index contributed by atoms with van der Waals surface area (Å²) in [6.45, 7) is 3.49. The fraction of sp³-hybridized carbons (Fsp3) is 0.483. The number of nitrogens with zero attached hydrogens (tertiary/aromatic N) is 4. The van der Waals surface area contributed by atoms with E-state index in [0.717, 1.165) is 63.1 Å². The summed E-state index contributed by atoms with van der Waals surface area (Å²) in [4.78, 5) is 17.3. The molecule has 0 spiro atoms. The molecule has 1 unspecified atom stereocenters. The Kier molecular flexibility index (Phi) is 10.1. The van der Waals surface area contributed by atoms with Gasteiger partial charge in [0.25, 0.3) is 0 Å². The van der Waals surface area contributed by atoms with E-state index in [1.165, 1.54) is 27.0 Å². The minimum absolute atomic E-state index is 0.131. The van der Waals surface area contributed by atoms with Crippen LogP contribution in [0, 0.1) is 5.41 Å². The molecule has 2 aliphatic heterocycles. The lowest BCUT2D eigenvalue weighted by atomic mass is 9.92. The van der Waals surface area contributed by atoms with E-state index < -0.39 is 10.8 Å². The van der Waals surface area contributed by atoms with Gasteiger partial charge < -0.3 is 15.2 Å². The standard InChI is InChI=1S/C29H38ClN5O2S/c1-33-16-5-9-23(10-6-17-33)28-24(8-3-11-25(28)30)13-12-22-7-4-18-34(19-14-22)29(36)35-20-15-27(32-35)26(31)21-38(2)37/h3,8-9,11-12,15,20,31H,4-7,10,13-14,16-19,21H2,1-2H3/b22-12-,23-9-,31-26?. The first-order valence-electron chi connectivity index (χ1n) is 13.4. The number of nitrogens with one attached hydrogen (secondary N) is 1. The van der Waals surface area contributed by atoms with Crippen molar-refractivity contribution in [1.82, 2.24) is 19.6 Å². The summed E-state index contributed by atoms with van der Waals surface area (Å²) in [6.07, 6.45) is 14.6.